The highest BCUT2D eigenvalue weighted by molar-refractivity contribution is 5.66. The Balaban J connectivity index is 0. The molecule has 0 aromatic rings. The van der Waals surface area contributed by atoms with Gasteiger partial charge in [-0.3, -0.25) is 9.59 Å². The molecule has 100 valence electrons. The Labute approximate surface area is 104 Å². The molecule has 0 fully saturated rings. The van der Waals surface area contributed by atoms with Gasteiger partial charge in [-0.1, -0.05) is 26.7 Å². The number of ether oxygens (including phenoxy) is 2. The van der Waals surface area contributed by atoms with Crippen LogP contribution in [0.4, 0.5) is 0 Å². The summed E-state index contributed by atoms with van der Waals surface area (Å²) in [6.45, 7) is 7.49. The molecule has 0 saturated heterocycles. The number of esters is 2. The van der Waals surface area contributed by atoms with Crippen LogP contribution in [0, 0.1) is 0 Å². The minimum Gasteiger partial charge on any atom is -0.466 e. The van der Waals surface area contributed by atoms with Gasteiger partial charge in [0.1, 0.15) is 0 Å². The van der Waals surface area contributed by atoms with E-state index in [2.05, 4.69) is 11.7 Å². The first-order chi connectivity index (χ1) is 8.04. The van der Waals surface area contributed by atoms with Crippen LogP contribution in [0.5, 0.6) is 0 Å². The van der Waals surface area contributed by atoms with Crippen molar-refractivity contribution in [1.82, 2.24) is 0 Å². The van der Waals surface area contributed by atoms with E-state index in [0.717, 1.165) is 19.3 Å². The van der Waals surface area contributed by atoms with Crippen LogP contribution in [0.2, 0.25) is 0 Å². The van der Waals surface area contributed by atoms with Crippen LogP contribution in [0.3, 0.4) is 0 Å². The van der Waals surface area contributed by atoms with Crippen molar-refractivity contribution >= 4 is 11.9 Å². The summed E-state index contributed by atoms with van der Waals surface area (Å²) in [7, 11) is 0. The molecule has 4 nitrogen and oxygen atoms in total. The monoisotopic (exact) mass is 244 g/mol. The third-order valence-corrected chi connectivity index (χ3v) is 1.62. The molecule has 0 aromatic heterocycles. The molecule has 17 heavy (non-hydrogen) atoms. The first-order valence-corrected chi connectivity index (χ1v) is 6.00. The summed E-state index contributed by atoms with van der Waals surface area (Å²) in [5, 5.41) is 0. The predicted molar refractivity (Wildman–Crippen MR) is 67.4 cm³/mol. The normalized spacial score (nSPS) is 9.41. The molecule has 0 atom stereocenters. The van der Waals surface area contributed by atoms with Crippen molar-refractivity contribution < 1.29 is 19.1 Å². The maximum Gasteiger partial charge on any atom is 0.307 e. The van der Waals surface area contributed by atoms with Gasteiger partial charge in [-0.15, -0.1) is 0 Å². The molecule has 0 saturated carbocycles. The summed E-state index contributed by atoms with van der Waals surface area (Å²) in [6, 6.07) is 0. The third kappa shape index (κ3) is 25.2. The molecule has 0 bridgehead atoms. The molecule has 0 aliphatic carbocycles. The van der Waals surface area contributed by atoms with Gasteiger partial charge in [0.25, 0.3) is 0 Å². The molecule has 0 N–H and O–H groups in total. The van der Waals surface area contributed by atoms with Crippen LogP contribution in [0.1, 0.15) is 53.4 Å². The third-order valence-electron chi connectivity index (χ3n) is 1.62. The Hall–Kier alpha value is -1.32. The van der Waals surface area contributed by atoms with E-state index in [0.29, 0.717) is 6.61 Å². The topological polar surface area (TPSA) is 52.6 Å². The molecule has 0 heterocycles. The second kappa shape index (κ2) is 14.7. The minimum atomic E-state index is -0.269. The maximum absolute atomic E-state index is 10.2. The number of hydrogen-bond acceptors (Lipinski definition) is 4. The lowest BCUT2D eigenvalue weighted by atomic mass is 10.3. The van der Waals surface area contributed by atoms with Crippen LogP contribution in [0.15, 0.2) is 12.3 Å². The zero-order valence-corrected chi connectivity index (χ0v) is 11.3. The van der Waals surface area contributed by atoms with E-state index in [1.165, 1.54) is 26.5 Å². The number of unbranched alkanes of at least 4 members (excludes halogenated alkanes) is 2. The summed E-state index contributed by atoms with van der Waals surface area (Å²) in [4.78, 5) is 20.2. The van der Waals surface area contributed by atoms with E-state index >= 15 is 0 Å². The summed E-state index contributed by atoms with van der Waals surface area (Å²) >= 11 is 0. The van der Waals surface area contributed by atoms with Gasteiger partial charge in [0, 0.05) is 13.8 Å². The highest BCUT2D eigenvalue weighted by Crippen LogP contribution is 1.93. The fourth-order valence-corrected chi connectivity index (χ4v) is 0.808. The highest BCUT2D eigenvalue weighted by atomic mass is 16.5. The van der Waals surface area contributed by atoms with Crippen LogP contribution >= 0.6 is 0 Å². The zero-order valence-electron chi connectivity index (χ0n) is 11.3. The van der Waals surface area contributed by atoms with Gasteiger partial charge in [-0.2, -0.15) is 0 Å². The largest absolute Gasteiger partial charge is 0.466 e. The summed E-state index contributed by atoms with van der Waals surface area (Å²) < 4.78 is 9.17. The van der Waals surface area contributed by atoms with Crippen LogP contribution in [-0.2, 0) is 19.1 Å². The van der Waals surface area contributed by atoms with Crippen LogP contribution in [0.25, 0.3) is 0 Å². The van der Waals surface area contributed by atoms with Crippen molar-refractivity contribution in [2.75, 3.05) is 6.61 Å². The van der Waals surface area contributed by atoms with Gasteiger partial charge < -0.3 is 9.47 Å². The number of allylic oxidation sites excluding steroid dienone is 1. The number of carbonyl (C=O) groups excluding carboxylic acids is 2. The Morgan fingerprint density at radius 1 is 1.06 bits per heavy atom. The molecule has 0 unspecified atom stereocenters. The van der Waals surface area contributed by atoms with Gasteiger partial charge in [0.2, 0.25) is 0 Å². The fourth-order valence-electron chi connectivity index (χ4n) is 0.808. The van der Waals surface area contributed by atoms with E-state index < -0.39 is 0 Å². The van der Waals surface area contributed by atoms with E-state index in [4.69, 9.17) is 4.74 Å². The molecule has 0 spiro atoms. The summed E-state index contributed by atoms with van der Waals surface area (Å²) in [5.74, 6) is -0.444. The molecule has 4 heteroatoms. The molecule has 0 aromatic carbocycles. The SMILES string of the molecule is CCC=COC(C)=O.CCCCCOC(C)=O. The lowest BCUT2D eigenvalue weighted by molar-refractivity contribution is -0.141. The number of rotatable bonds is 6. The van der Waals surface area contributed by atoms with Gasteiger partial charge >= 0.3 is 11.9 Å². The summed E-state index contributed by atoms with van der Waals surface area (Å²) in [5.41, 5.74) is 0. The van der Waals surface area contributed by atoms with Crippen molar-refractivity contribution in [3.05, 3.63) is 12.3 Å². The smallest absolute Gasteiger partial charge is 0.307 e. The summed E-state index contributed by atoms with van der Waals surface area (Å²) in [6.07, 6.45) is 7.39. The molecule has 0 radical (unpaired) electrons. The van der Waals surface area contributed by atoms with Crippen molar-refractivity contribution in [3.8, 4) is 0 Å². The molecule has 0 amide bonds. The number of carbonyl (C=O) groups is 2. The average molecular weight is 244 g/mol. The first-order valence-electron chi connectivity index (χ1n) is 6.00. The van der Waals surface area contributed by atoms with E-state index in [9.17, 15) is 9.59 Å². The molecule has 0 rings (SSSR count). The van der Waals surface area contributed by atoms with Crippen molar-refractivity contribution in [2.45, 2.75) is 53.4 Å². The Kier molecular flexibility index (Phi) is 15.6. The lowest BCUT2D eigenvalue weighted by Crippen LogP contribution is -1.99. The van der Waals surface area contributed by atoms with Crippen molar-refractivity contribution in [3.63, 3.8) is 0 Å². The Bertz CT molecular complexity index is 221. The zero-order chi connectivity index (χ0) is 13.5. The molecular formula is C13H24O4. The van der Waals surface area contributed by atoms with Crippen LogP contribution < -0.4 is 0 Å². The maximum atomic E-state index is 10.2. The van der Waals surface area contributed by atoms with E-state index in [1.54, 1.807) is 6.08 Å². The van der Waals surface area contributed by atoms with Crippen LogP contribution in [-0.4, -0.2) is 18.5 Å². The minimum absolute atomic E-state index is 0.175. The number of hydrogen-bond donors (Lipinski definition) is 0. The average Bonchev–Trinajstić information content (AvgIpc) is 2.25. The molecule has 0 aliphatic rings. The van der Waals surface area contributed by atoms with Gasteiger partial charge in [-0.25, -0.2) is 0 Å². The Morgan fingerprint density at radius 2 is 1.71 bits per heavy atom. The molecule has 0 aliphatic heterocycles. The second-order valence-electron chi connectivity index (χ2n) is 3.44. The first kappa shape index (κ1) is 18.1. The lowest BCUT2D eigenvalue weighted by Gasteiger charge is -1.98. The fraction of sp³-hybridized carbons (Fsp3) is 0.692. The Morgan fingerprint density at radius 3 is 2.12 bits per heavy atom. The van der Waals surface area contributed by atoms with Crippen molar-refractivity contribution in [2.24, 2.45) is 0 Å². The molecular weight excluding hydrogens is 220 g/mol. The van der Waals surface area contributed by atoms with E-state index in [-0.39, 0.29) is 11.9 Å². The van der Waals surface area contributed by atoms with Gasteiger partial charge in [0.15, 0.2) is 0 Å². The van der Waals surface area contributed by atoms with Gasteiger partial charge in [0.05, 0.1) is 12.9 Å². The quantitative estimate of drug-likeness (QED) is 0.409. The van der Waals surface area contributed by atoms with Crippen molar-refractivity contribution in [1.29, 1.82) is 0 Å². The predicted octanol–water partition coefficient (Wildman–Crippen LogP) is 3.21. The van der Waals surface area contributed by atoms with Gasteiger partial charge in [-0.05, 0) is 18.9 Å². The second-order valence-corrected chi connectivity index (χ2v) is 3.44. The van der Waals surface area contributed by atoms with E-state index in [1.807, 2.05) is 6.92 Å². The standard InChI is InChI=1S/C7H14O2.C6H10O2/c1-3-4-5-6-9-7(2)8;1-3-4-5-8-6(2)7/h3-6H2,1-2H3;4-5H,3H2,1-2H3. The highest BCUT2D eigenvalue weighted by Gasteiger charge is 1.89.